The van der Waals surface area contributed by atoms with Crippen LogP contribution in [0, 0.1) is 0 Å². The Morgan fingerprint density at radius 2 is 2.24 bits per heavy atom. The van der Waals surface area contributed by atoms with Crippen molar-refractivity contribution in [3.05, 3.63) is 0 Å². The second kappa shape index (κ2) is 6.93. The molecule has 1 rings (SSSR count). The molecule has 0 aromatic heterocycles. The van der Waals surface area contributed by atoms with Crippen LogP contribution in [0.5, 0.6) is 0 Å². The summed E-state index contributed by atoms with van der Waals surface area (Å²) in [6, 6.07) is 0.167. The first-order valence-corrected chi connectivity index (χ1v) is 7.55. The quantitative estimate of drug-likeness (QED) is 0.638. The number of carbonyl (C=O) groups is 1. The number of ether oxygens (including phenoxy) is 1. The van der Waals surface area contributed by atoms with E-state index >= 15 is 0 Å². The zero-order valence-electron chi connectivity index (χ0n) is 10.1. The topological polar surface area (TPSA) is 84.5 Å². The number of sulfonamides is 1. The minimum atomic E-state index is -3.57. The van der Waals surface area contributed by atoms with E-state index in [1.165, 1.54) is 0 Å². The molecule has 0 radical (unpaired) electrons. The zero-order chi connectivity index (χ0) is 12.7. The summed E-state index contributed by atoms with van der Waals surface area (Å²) >= 11 is 0. The summed E-state index contributed by atoms with van der Waals surface area (Å²) in [6.45, 7) is 3.09. The SMILES string of the molecule is CCOC(=O)CS(=O)(=O)NCC1CCCCN1. The molecule has 0 aromatic rings. The van der Waals surface area contributed by atoms with Crippen LogP contribution in [0.15, 0.2) is 0 Å². The molecule has 0 amide bonds. The van der Waals surface area contributed by atoms with Gasteiger partial charge in [0.1, 0.15) is 0 Å². The van der Waals surface area contributed by atoms with E-state index in [1.54, 1.807) is 6.92 Å². The van der Waals surface area contributed by atoms with Gasteiger partial charge < -0.3 is 10.1 Å². The van der Waals surface area contributed by atoms with Crippen LogP contribution < -0.4 is 10.0 Å². The first-order valence-electron chi connectivity index (χ1n) is 5.90. The number of nitrogens with one attached hydrogen (secondary N) is 2. The lowest BCUT2D eigenvalue weighted by molar-refractivity contribution is -0.139. The first-order chi connectivity index (χ1) is 8.03. The highest BCUT2D eigenvalue weighted by molar-refractivity contribution is 7.90. The van der Waals surface area contributed by atoms with E-state index in [-0.39, 0.29) is 12.6 Å². The molecule has 0 aromatic carbocycles. The molecule has 1 saturated heterocycles. The van der Waals surface area contributed by atoms with Crippen LogP contribution in [-0.4, -0.2) is 45.9 Å². The number of hydrogen-bond acceptors (Lipinski definition) is 5. The molecule has 6 nitrogen and oxygen atoms in total. The van der Waals surface area contributed by atoms with Gasteiger partial charge in [-0.05, 0) is 26.3 Å². The third kappa shape index (κ3) is 5.99. The molecule has 1 unspecified atom stereocenters. The van der Waals surface area contributed by atoms with Gasteiger partial charge >= 0.3 is 5.97 Å². The minimum absolute atomic E-state index is 0.167. The van der Waals surface area contributed by atoms with Gasteiger partial charge in [-0.15, -0.1) is 0 Å². The second-order valence-electron chi connectivity index (χ2n) is 4.06. The van der Waals surface area contributed by atoms with E-state index in [4.69, 9.17) is 0 Å². The lowest BCUT2D eigenvalue weighted by atomic mass is 10.1. The smallest absolute Gasteiger partial charge is 0.322 e. The van der Waals surface area contributed by atoms with Gasteiger partial charge in [0, 0.05) is 12.6 Å². The Hall–Kier alpha value is -0.660. The first kappa shape index (κ1) is 14.4. The van der Waals surface area contributed by atoms with Crippen LogP contribution in [0.2, 0.25) is 0 Å². The highest BCUT2D eigenvalue weighted by Gasteiger charge is 2.20. The molecule has 2 N–H and O–H groups in total. The number of hydrogen-bond donors (Lipinski definition) is 2. The van der Waals surface area contributed by atoms with Crippen LogP contribution in [-0.2, 0) is 19.6 Å². The maximum Gasteiger partial charge on any atom is 0.322 e. The van der Waals surface area contributed by atoms with Gasteiger partial charge in [-0.1, -0.05) is 6.42 Å². The Morgan fingerprint density at radius 1 is 1.47 bits per heavy atom. The Bertz CT molecular complexity index is 336. The molecular weight excluding hydrogens is 244 g/mol. The average Bonchev–Trinajstić information content (AvgIpc) is 2.27. The van der Waals surface area contributed by atoms with Crippen molar-refractivity contribution in [3.8, 4) is 0 Å². The van der Waals surface area contributed by atoms with Gasteiger partial charge in [0.05, 0.1) is 6.61 Å². The molecule has 0 spiro atoms. The standard InChI is InChI=1S/C10H20N2O4S/c1-2-16-10(13)8-17(14,15)12-7-9-5-3-4-6-11-9/h9,11-12H,2-8H2,1H3. The monoisotopic (exact) mass is 264 g/mol. The molecule has 7 heteroatoms. The summed E-state index contributed by atoms with van der Waals surface area (Å²) in [6.07, 6.45) is 3.20. The van der Waals surface area contributed by atoms with Crippen LogP contribution in [0.25, 0.3) is 0 Å². The Labute approximate surface area is 102 Å². The molecule has 1 heterocycles. The van der Waals surface area contributed by atoms with Crippen LogP contribution in [0.3, 0.4) is 0 Å². The highest BCUT2D eigenvalue weighted by Crippen LogP contribution is 2.06. The Kier molecular flexibility index (Phi) is 5.87. The molecule has 0 aliphatic carbocycles. The van der Waals surface area contributed by atoms with E-state index in [0.29, 0.717) is 6.54 Å². The predicted octanol–water partition coefficient (Wildman–Crippen LogP) is -0.389. The fourth-order valence-electron chi connectivity index (χ4n) is 1.73. The van der Waals surface area contributed by atoms with Crippen molar-refractivity contribution in [2.75, 3.05) is 25.4 Å². The van der Waals surface area contributed by atoms with Crippen molar-refractivity contribution in [2.24, 2.45) is 0 Å². The highest BCUT2D eigenvalue weighted by atomic mass is 32.2. The Balaban J connectivity index is 2.30. The molecule has 0 bridgehead atoms. The van der Waals surface area contributed by atoms with Crippen LogP contribution >= 0.6 is 0 Å². The average molecular weight is 264 g/mol. The Morgan fingerprint density at radius 3 is 2.82 bits per heavy atom. The van der Waals surface area contributed by atoms with Crippen molar-refractivity contribution in [1.29, 1.82) is 0 Å². The van der Waals surface area contributed by atoms with Crippen molar-refractivity contribution in [2.45, 2.75) is 32.2 Å². The van der Waals surface area contributed by atoms with Gasteiger partial charge in [0.15, 0.2) is 5.75 Å². The molecule has 1 aliphatic rings. The maximum absolute atomic E-state index is 11.5. The van der Waals surface area contributed by atoms with E-state index in [1.807, 2.05) is 0 Å². The lowest BCUT2D eigenvalue weighted by Crippen LogP contribution is -2.44. The van der Waals surface area contributed by atoms with Gasteiger partial charge in [0.2, 0.25) is 10.0 Å². The van der Waals surface area contributed by atoms with E-state index in [9.17, 15) is 13.2 Å². The van der Waals surface area contributed by atoms with Gasteiger partial charge in [0.25, 0.3) is 0 Å². The van der Waals surface area contributed by atoms with E-state index in [2.05, 4.69) is 14.8 Å². The third-order valence-electron chi connectivity index (χ3n) is 2.58. The van der Waals surface area contributed by atoms with Crippen molar-refractivity contribution < 1.29 is 17.9 Å². The van der Waals surface area contributed by atoms with Crippen LogP contribution in [0.1, 0.15) is 26.2 Å². The molecule has 100 valence electrons. The normalized spacial score (nSPS) is 21.1. The van der Waals surface area contributed by atoms with Crippen molar-refractivity contribution in [1.82, 2.24) is 10.0 Å². The number of esters is 1. The van der Waals surface area contributed by atoms with Gasteiger partial charge in [-0.2, -0.15) is 0 Å². The van der Waals surface area contributed by atoms with Crippen molar-refractivity contribution >= 4 is 16.0 Å². The summed E-state index contributed by atoms with van der Waals surface area (Å²) in [7, 11) is -3.57. The van der Waals surface area contributed by atoms with Gasteiger partial charge in [-0.25, -0.2) is 13.1 Å². The van der Waals surface area contributed by atoms with E-state index < -0.39 is 21.7 Å². The molecule has 1 aliphatic heterocycles. The fraction of sp³-hybridized carbons (Fsp3) is 0.900. The number of piperidine rings is 1. The summed E-state index contributed by atoms with van der Waals surface area (Å²) in [4.78, 5) is 11.1. The fourth-order valence-corrected chi connectivity index (χ4v) is 2.69. The number of rotatable bonds is 6. The number of carbonyl (C=O) groups excluding carboxylic acids is 1. The molecule has 17 heavy (non-hydrogen) atoms. The summed E-state index contributed by atoms with van der Waals surface area (Å²) in [5, 5.41) is 3.23. The summed E-state index contributed by atoms with van der Waals surface area (Å²) < 4.78 is 30.1. The molecule has 0 saturated carbocycles. The summed E-state index contributed by atoms with van der Waals surface area (Å²) in [5.74, 6) is -1.32. The van der Waals surface area contributed by atoms with Crippen molar-refractivity contribution in [3.63, 3.8) is 0 Å². The van der Waals surface area contributed by atoms with E-state index in [0.717, 1.165) is 25.8 Å². The molecular formula is C10H20N2O4S. The van der Waals surface area contributed by atoms with Gasteiger partial charge in [-0.3, -0.25) is 4.79 Å². The second-order valence-corrected chi connectivity index (χ2v) is 5.87. The minimum Gasteiger partial charge on any atom is -0.465 e. The lowest BCUT2D eigenvalue weighted by Gasteiger charge is -2.23. The largest absolute Gasteiger partial charge is 0.465 e. The molecule has 1 fully saturated rings. The predicted molar refractivity (Wildman–Crippen MR) is 64.1 cm³/mol. The molecule has 1 atom stereocenters. The maximum atomic E-state index is 11.5. The third-order valence-corrected chi connectivity index (χ3v) is 3.80. The van der Waals surface area contributed by atoms with Crippen LogP contribution in [0.4, 0.5) is 0 Å². The zero-order valence-corrected chi connectivity index (χ0v) is 10.9. The summed E-state index contributed by atoms with van der Waals surface area (Å²) in [5.41, 5.74) is 0.